The van der Waals surface area contributed by atoms with Crippen LogP contribution in [0.3, 0.4) is 0 Å². The Morgan fingerprint density at radius 2 is 1.55 bits per heavy atom. The minimum absolute atomic E-state index is 0.186. The summed E-state index contributed by atoms with van der Waals surface area (Å²) >= 11 is 1.52. The van der Waals surface area contributed by atoms with E-state index in [1.54, 1.807) is 0 Å². The molecule has 1 aromatic rings. The standard InChI is InChI=1S/C21H40O5SSi2/c1-14(2)28(15(3)4)24-13-19(23)20(12-18(22)21-10-9-11-27-21)25-29(26-28,16(5)6)17(7)8/h9-11,14-20,22-23H,12-13H2,1-8H3/t18-,19+,20-/m0/s1. The van der Waals surface area contributed by atoms with Gasteiger partial charge in [0.05, 0.1) is 18.8 Å². The highest BCUT2D eigenvalue weighted by Gasteiger charge is 2.58. The molecular weight excluding hydrogens is 420 g/mol. The highest BCUT2D eigenvalue weighted by atomic mass is 32.1. The van der Waals surface area contributed by atoms with Crippen LogP contribution >= 0.6 is 11.3 Å². The zero-order valence-electron chi connectivity index (χ0n) is 19.2. The average Bonchev–Trinajstić information content (AvgIpc) is 3.15. The predicted molar refractivity (Wildman–Crippen MR) is 124 cm³/mol. The van der Waals surface area contributed by atoms with Crippen molar-refractivity contribution in [2.75, 3.05) is 6.61 Å². The Labute approximate surface area is 182 Å². The summed E-state index contributed by atoms with van der Waals surface area (Å²) < 4.78 is 20.4. The molecule has 0 spiro atoms. The van der Waals surface area contributed by atoms with Gasteiger partial charge in [0.15, 0.2) is 0 Å². The Bertz CT molecular complexity index is 605. The largest absolute Gasteiger partial charge is 0.414 e. The van der Waals surface area contributed by atoms with Crippen molar-refractivity contribution in [2.24, 2.45) is 0 Å². The van der Waals surface area contributed by atoms with Crippen molar-refractivity contribution in [3.63, 3.8) is 0 Å². The molecule has 1 aliphatic rings. The smallest absolute Gasteiger partial charge is 0.335 e. The summed E-state index contributed by atoms with van der Waals surface area (Å²) in [5.74, 6) is 0. The van der Waals surface area contributed by atoms with Crippen LogP contribution in [0.5, 0.6) is 0 Å². The van der Waals surface area contributed by atoms with Crippen LogP contribution < -0.4 is 0 Å². The van der Waals surface area contributed by atoms with Gasteiger partial charge >= 0.3 is 17.1 Å². The summed E-state index contributed by atoms with van der Waals surface area (Å²) in [6.07, 6.45) is -1.64. The van der Waals surface area contributed by atoms with Crippen LogP contribution in [0.2, 0.25) is 22.2 Å². The fourth-order valence-corrected chi connectivity index (χ4v) is 16.3. The minimum Gasteiger partial charge on any atom is -0.414 e. The van der Waals surface area contributed by atoms with Gasteiger partial charge in [-0.1, -0.05) is 61.5 Å². The SMILES string of the molecule is CC(C)[Si]1(C(C)C)OC[C@@H](O)[C@H](C[C@H](O)c2cccs2)O[Si](C(C)C)(C(C)C)O1. The first-order valence-electron chi connectivity index (χ1n) is 10.9. The molecule has 2 N–H and O–H groups in total. The fraction of sp³-hybridized carbons (Fsp3) is 0.810. The van der Waals surface area contributed by atoms with E-state index >= 15 is 0 Å². The van der Waals surface area contributed by atoms with E-state index in [4.69, 9.17) is 13.0 Å². The second-order valence-corrected chi connectivity index (χ2v) is 19.3. The van der Waals surface area contributed by atoms with E-state index in [1.165, 1.54) is 11.3 Å². The van der Waals surface area contributed by atoms with E-state index < -0.39 is 35.4 Å². The molecule has 0 radical (unpaired) electrons. The van der Waals surface area contributed by atoms with E-state index in [0.717, 1.165) is 4.88 Å². The lowest BCUT2D eigenvalue weighted by atomic mass is 10.1. The lowest BCUT2D eigenvalue weighted by Gasteiger charge is -2.51. The molecule has 3 atom stereocenters. The van der Waals surface area contributed by atoms with Crippen LogP contribution in [0, 0.1) is 0 Å². The maximum Gasteiger partial charge on any atom is 0.335 e. The van der Waals surface area contributed by atoms with Gasteiger partial charge in [-0.2, -0.15) is 0 Å². The molecule has 1 fully saturated rings. The van der Waals surface area contributed by atoms with Gasteiger partial charge in [-0.15, -0.1) is 11.3 Å². The van der Waals surface area contributed by atoms with Crippen molar-refractivity contribution in [1.29, 1.82) is 0 Å². The quantitative estimate of drug-likeness (QED) is 0.527. The van der Waals surface area contributed by atoms with Crippen LogP contribution in [0.25, 0.3) is 0 Å². The zero-order valence-corrected chi connectivity index (χ0v) is 22.0. The zero-order chi connectivity index (χ0) is 22.0. The van der Waals surface area contributed by atoms with Crippen molar-refractivity contribution in [3.8, 4) is 0 Å². The molecule has 0 amide bonds. The van der Waals surface area contributed by atoms with Gasteiger partial charge in [0, 0.05) is 11.3 Å². The van der Waals surface area contributed by atoms with E-state index in [2.05, 4.69) is 55.4 Å². The summed E-state index contributed by atoms with van der Waals surface area (Å²) in [5.41, 5.74) is 0.885. The average molecular weight is 461 g/mol. The molecule has 168 valence electrons. The van der Waals surface area contributed by atoms with Gasteiger partial charge in [-0.25, -0.2) is 0 Å². The van der Waals surface area contributed by atoms with E-state index in [9.17, 15) is 10.2 Å². The molecule has 5 nitrogen and oxygen atoms in total. The van der Waals surface area contributed by atoms with Crippen LogP contribution in [0.1, 0.15) is 72.8 Å². The molecule has 8 heteroatoms. The Balaban J connectivity index is 2.43. The lowest BCUT2D eigenvalue weighted by molar-refractivity contribution is -0.0547. The van der Waals surface area contributed by atoms with Crippen molar-refractivity contribution < 1.29 is 23.2 Å². The van der Waals surface area contributed by atoms with Crippen LogP contribution in [-0.2, 0) is 13.0 Å². The van der Waals surface area contributed by atoms with E-state index in [1.807, 2.05) is 17.5 Å². The molecule has 0 bridgehead atoms. The molecule has 0 aromatic carbocycles. The minimum atomic E-state index is -2.77. The first-order valence-corrected chi connectivity index (χ1v) is 15.7. The van der Waals surface area contributed by atoms with Gasteiger partial charge in [0.1, 0.15) is 6.10 Å². The summed E-state index contributed by atoms with van der Waals surface area (Å²) in [6.45, 7) is 17.5. The van der Waals surface area contributed by atoms with Crippen molar-refractivity contribution in [2.45, 2.75) is 102 Å². The molecule has 0 aliphatic carbocycles. The molecule has 1 aliphatic heterocycles. The summed E-state index contributed by atoms with van der Waals surface area (Å²) in [6, 6.07) is 3.85. The van der Waals surface area contributed by atoms with Gasteiger partial charge in [-0.3, -0.25) is 0 Å². The highest BCUT2D eigenvalue weighted by molar-refractivity contribution is 7.10. The fourth-order valence-electron chi connectivity index (χ4n) is 4.37. The summed E-state index contributed by atoms with van der Waals surface area (Å²) in [7, 11) is -5.40. The maximum absolute atomic E-state index is 11.0. The van der Waals surface area contributed by atoms with Gasteiger partial charge in [-0.05, 0) is 33.6 Å². The Morgan fingerprint density at radius 1 is 1.00 bits per heavy atom. The monoisotopic (exact) mass is 460 g/mol. The van der Waals surface area contributed by atoms with Crippen LogP contribution in [-0.4, -0.2) is 46.1 Å². The number of aliphatic hydroxyl groups excluding tert-OH is 2. The van der Waals surface area contributed by atoms with E-state index in [-0.39, 0.29) is 28.8 Å². The Kier molecular flexibility index (Phi) is 8.72. The third kappa shape index (κ3) is 5.23. The van der Waals surface area contributed by atoms with Crippen LogP contribution in [0.15, 0.2) is 17.5 Å². The van der Waals surface area contributed by atoms with Crippen molar-refractivity contribution >= 4 is 28.5 Å². The van der Waals surface area contributed by atoms with Gasteiger partial charge in [0.25, 0.3) is 0 Å². The number of hydrogen-bond donors (Lipinski definition) is 2. The maximum atomic E-state index is 11.0. The predicted octanol–water partition coefficient (Wildman–Crippen LogP) is 5.49. The second-order valence-electron chi connectivity index (χ2n) is 9.47. The summed E-state index contributed by atoms with van der Waals surface area (Å²) in [4.78, 5) is 0.888. The summed E-state index contributed by atoms with van der Waals surface area (Å²) in [5, 5.41) is 23.7. The first kappa shape index (κ1) is 25.2. The molecule has 2 heterocycles. The van der Waals surface area contributed by atoms with Gasteiger partial charge < -0.3 is 23.2 Å². The Hall–Kier alpha value is -0.0662. The second kappa shape index (κ2) is 10.0. The normalized spacial score (nSPS) is 26.1. The van der Waals surface area contributed by atoms with E-state index in [0.29, 0.717) is 6.42 Å². The Morgan fingerprint density at radius 3 is 2.00 bits per heavy atom. The molecule has 1 aromatic heterocycles. The molecule has 29 heavy (non-hydrogen) atoms. The number of rotatable bonds is 7. The number of hydrogen-bond acceptors (Lipinski definition) is 6. The third-order valence-corrected chi connectivity index (χ3v) is 17.4. The molecule has 2 rings (SSSR count). The molecule has 1 saturated heterocycles. The van der Waals surface area contributed by atoms with Crippen molar-refractivity contribution in [1.82, 2.24) is 0 Å². The topological polar surface area (TPSA) is 68.2 Å². The molecule has 0 unspecified atom stereocenters. The number of thiophene rings is 1. The van der Waals surface area contributed by atoms with Gasteiger partial charge in [0.2, 0.25) is 0 Å². The van der Waals surface area contributed by atoms with Crippen molar-refractivity contribution in [3.05, 3.63) is 22.4 Å². The third-order valence-electron chi connectivity index (χ3n) is 6.11. The number of aliphatic hydroxyl groups is 2. The van der Waals surface area contributed by atoms with Crippen LogP contribution in [0.4, 0.5) is 0 Å². The first-order chi connectivity index (χ1) is 13.5. The lowest BCUT2D eigenvalue weighted by Crippen LogP contribution is -2.65. The molecule has 0 saturated carbocycles. The highest BCUT2D eigenvalue weighted by Crippen LogP contribution is 2.46. The molecular formula is C21H40O5SSi2.